The number of aryl methyl sites for hydroxylation is 1. The van der Waals surface area contributed by atoms with Crippen LogP contribution in [0.25, 0.3) is 10.2 Å². The van der Waals surface area contributed by atoms with Crippen molar-refractivity contribution in [3.63, 3.8) is 0 Å². The first kappa shape index (κ1) is 9.25. The molecule has 2 rings (SSSR count). The zero-order valence-corrected chi connectivity index (χ0v) is 9.25. The Bertz CT molecular complexity index is 436. The van der Waals surface area contributed by atoms with E-state index in [4.69, 9.17) is 23.2 Å². The summed E-state index contributed by atoms with van der Waals surface area (Å²) in [4.78, 5) is 3.79. The van der Waals surface area contributed by atoms with Crippen LogP contribution in [0.2, 0.25) is 0 Å². The predicted molar refractivity (Wildman–Crippen MR) is 58.8 cm³/mol. The van der Waals surface area contributed by atoms with E-state index in [0.29, 0.717) is 0 Å². The molecule has 0 N–H and O–H groups in total. The zero-order valence-electron chi connectivity index (χ0n) is 6.92. The van der Waals surface area contributed by atoms with Gasteiger partial charge < -0.3 is 0 Å². The summed E-state index contributed by atoms with van der Waals surface area (Å²) >= 11 is 13.0. The molecule has 0 unspecified atom stereocenters. The molecular weight excluding hydrogens is 225 g/mol. The van der Waals surface area contributed by atoms with Crippen molar-refractivity contribution in [3.05, 3.63) is 28.8 Å². The third kappa shape index (κ3) is 1.80. The van der Waals surface area contributed by atoms with E-state index in [0.717, 1.165) is 15.2 Å². The fraction of sp³-hybridized carbons (Fsp3) is 0.222. The molecule has 4 heteroatoms. The third-order valence-electron chi connectivity index (χ3n) is 1.75. The molecule has 0 radical (unpaired) electrons. The van der Waals surface area contributed by atoms with Crippen LogP contribution in [-0.2, 0) is 0 Å². The highest BCUT2D eigenvalue weighted by Gasteiger charge is 2.09. The van der Waals surface area contributed by atoms with Crippen molar-refractivity contribution in [3.8, 4) is 0 Å². The van der Waals surface area contributed by atoms with Gasteiger partial charge >= 0.3 is 0 Å². The lowest BCUT2D eigenvalue weighted by molar-refractivity contribution is 1.27. The quantitative estimate of drug-likeness (QED) is 0.675. The molecule has 13 heavy (non-hydrogen) atoms. The van der Waals surface area contributed by atoms with Gasteiger partial charge in [0.05, 0.1) is 10.2 Å². The minimum atomic E-state index is -0.516. The van der Waals surface area contributed by atoms with Crippen LogP contribution in [0.15, 0.2) is 18.2 Å². The lowest BCUT2D eigenvalue weighted by Gasteiger charge is -1.89. The molecule has 0 spiro atoms. The first-order valence-electron chi connectivity index (χ1n) is 3.82. The first-order valence-corrected chi connectivity index (χ1v) is 5.51. The largest absolute Gasteiger partial charge is 0.238 e. The fourth-order valence-corrected chi connectivity index (χ4v) is 2.43. The van der Waals surface area contributed by atoms with E-state index < -0.39 is 4.84 Å². The van der Waals surface area contributed by atoms with Crippen molar-refractivity contribution in [2.75, 3.05) is 0 Å². The Morgan fingerprint density at radius 2 is 2.15 bits per heavy atom. The number of alkyl halides is 2. The molecule has 0 saturated carbocycles. The van der Waals surface area contributed by atoms with Crippen LogP contribution < -0.4 is 0 Å². The maximum atomic E-state index is 5.73. The molecule has 0 aliphatic heterocycles. The van der Waals surface area contributed by atoms with E-state index in [2.05, 4.69) is 18.0 Å². The molecule has 0 atom stereocenters. The van der Waals surface area contributed by atoms with E-state index in [1.807, 2.05) is 12.1 Å². The minimum absolute atomic E-state index is 0.516. The standard InChI is InChI=1S/C9H7Cl2NS/c1-5-2-3-6-7(4-5)13-9(12-6)8(10)11/h2-4,8H,1H3. The maximum Gasteiger partial charge on any atom is 0.159 e. The van der Waals surface area contributed by atoms with Crippen LogP contribution in [0.5, 0.6) is 0 Å². The summed E-state index contributed by atoms with van der Waals surface area (Å²) in [5, 5.41) is 0.768. The van der Waals surface area contributed by atoms with Crippen molar-refractivity contribution in [2.24, 2.45) is 0 Å². The van der Waals surface area contributed by atoms with Gasteiger partial charge in [-0.05, 0) is 24.6 Å². The Morgan fingerprint density at radius 3 is 2.85 bits per heavy atom. The second kappa shape index (κ2) is 3.45. The molecule has 0 bridgehead atoms. The average molecular weight is 232 g/mol. The number of hydrogen-bond acceptors (Lipinski definition) is 2. The Kier molecular flexibility index (Phi) is 2.45. The molecule has 1 heterocycles. The van der Waals surface area contributed by atoms with Crippen molar-refractivity contribution >= 4 is 44.8 Å². The van der Waals surface area contributed by atoms with Crippen LogP contribution in [0.3, 0.4) is 0 Å². The zero-order chi connectivity index (χ0) is 9.42. The summed E-state index contributed by atoms with van der Waals surface area (Å²) in [7, 11) is 0. The van der Waals surface area contributed by atoms with Crippen molar-refractivity contribution in [2.45, 2.75) is 11.8 Å². The van der Waals surface area contributed by atoms with Crippen LogP contribution in [0.1, 0.15) is 15.4 Å². The van der Waals surface area contributed by atoms with Gasteiger partial charge in [0.1, 0.15) is 5.01 Å². The number of thiazole rings is 1. The Morgan fingerprint density at radius 1 is 1.38 bits per heavy atom. The highest BCUT2D eigenvalue weighted by molar-refractivity contribution is 7.19. The van der Waals surface area contributed by atoms with Crippen LogP contribution in [-0.4, -0.2) is 4.98 Å². The summed E-state index contributed by atoms with van der Waals surface area (Å²) < 4.78 is 1.14. The van der Waals surface area contributed by atoms with E-state index in [1.54, 1.807) is 11.3 Å². The van der Waals surface area contributed by atoms with E-state index in [1.165, 1.54) is 5.56 Å². The average Bonchev–Trinajstić information content (AvgIpc) is 2.46. The molecule has 0 saturated heterocycles. The minimum Gasteiger partial charge on any atom is -0.238 e. The van der Waals surface area contributed by atoms with Gasteiger partial charge in [-0.2, -0.15) is 0 Å². The number of benzene rings is 1. The molecule has 1 aromatic carbocycles. The van der Waals surface area contributed by atoms with Crippen molar-refractivity contribution in [1.29, 1.82) is 0 Å². The lowest BCUT2D eigenvalue weighted by atomic mass is 10.2. The molecule has 0 amide bonds. The molecule has 0 aliphatic rings. The lowest BCUT2D eigenvalue weighted by Crippen LogP contribution is -1.76. The molecular formula is C9H7Cl2NS. The van der Waals surface area contributed by atoms with Crippen molar-refractivity contribution < 1.29 is 0 Å². The van der Waals surface area contributed by atoms with Gasteiger partial charge in [0.15, 0.2) is 4.84 Å². The van der Waals surface area contributed by atoms with Crippen molar-refractivity contribution in [1.82, 2.24) is 4.98 Å². The summed E-state index contributed by atoms with van der Waals surface area (Å²) in [5.41, 5.74) is 2.19. The van der Waals surface area contributed by atoms with Gasteiger partial charge in [-0.1, -0.05) is 29.3 Å². The Balaban J connectivity index is 2.62. The smallest absolute Gasteiger partial charge is 0.159 e. The van der Waals surface area contributed by atoms with E-state index in [-0.39, 0.29) is 0 Å². The topological polar surface area (TPSA) is 12.9 Å². The normalized spacial score (nSPS) is 11.4. The summed E-state index contributed by atoms with van der Waals surface area (Å²) in [6.07, 6.45) is 0. The SMILES string of the molecule is Cc1ccc2nc(C(Cl)Cl)sc2c1. The van der Waals surface area contributed by atoms with E-state index in [9.17, 15) is 0 Å². The number of hydrogen-bond donors (Lipinski definition) is 0. The number of rotatable bonds is 1. The second-order valence-corrected chi connectivity index (χ2v) is 4.98. The number of nitrogens with zero attached hydrogens (tertiary/aromatic N) is 1. The first-order chi connectivity index (χ1) is 6.16. The van der Waals surface area contributed by atoms with Gasteiger partial charge in [-0.3, -0.25) is 0 Å². The van der Waals surface area contributed by atoms with Crippen LogP contribution in [0, 0.1) is 6.92 Å². The predicted octanol–water partition coefficient (Wildman–Crippen LogP) is 4.08. The fourth-order valence-electron chi connectivity index (χ4n) is 1.14. The molecule has 2 aromatic rings. The van der Waals surface area contributed by atoms with Crippen LogP contribution >= 0.6 is 34.5 Å². The summed E-state index contributed by atoms with van der Waals surface area (Å²) in [5.74, 6) is 0. The highest BCUT2D eigenvalue weighted by atomic mass is 35.5. The molecule has 1 nitrogen and oxygen atoms in total. The second-order valence-electron chi connectivity index (χ2n) is 2.82. The maximum absolute atomic E-state index is 5.73. The summed E-state index contributed by atoms with van der Waals surface area (Å²) in [6, 6.07) is 6.11. The number of fused-ring (bicyclic) bond motifs is 1. The summed E-state index contributed by atoms with van der Waals surface area (Å²) in [6.45, 7) is 2.05. The van der Waals surface area contributed by atoms with Gasteiger partial charge in [0.2, 0.25) is 0 Å². The molecule has 68 valence electrons. The molecule has 0 aliphatic carbocycles. The third-order valence-corrected chi connectivity index (χ3v) is 3.50. The Hall–Kier alpha value is -0.310. The number of aromatic nitrogens is 1. The van der Waals surface area contributed by atoms with Gasteiger partial charge in [-0.25, -0.2) is 4.98 Å². The van der Waals surface area contributed by atoms with E-state index >= 15 is 0 Å². The van der Waals surface area contributed by atoms with Gasteiger partial charge in [0, 0.05) is 0 Å². The monoisotopic (exact) mass is 231 g/mol. The highest BCUT2D eigenvalue weighted by Crippen LogP contribution is 2.32. The Labute approximate surface area is 90.3 Å². The number of halogens is 2. The van der Waals surface area contributed by atoms with Gasteiger partial charge in [-0.15, -0.1) is 11.3 Å². The van der Waals surface area contributed by atoms with Gasteiger partial charge in [0.25, 0.3) is 0 Å². The van der Waals surface area contributed by atoms with Crippen LogP contribution in [0.4, 0.5) is 0 Å². The molecule has 0 fully saturated rings. The molecule has 1 aromatic heterocycles.